The number of primary amides is 1. The lowest BCUT2D eigenvalue weighted by Crippen LogP contribution is -2.47. The largest absolute Gasteiger partial charge is 0.481 e. The highest BCUT2D eigenvalue weighted by atomic mass is 16.5. The number of rotatable bonds is 10. The number of carbonyl (C=O) groups excluding carboxylic acids is 2. The van der Waals surface area contributed by atoms with Crippen LogP contribution in [0.1, 0.15) is 26.2 Å². The summed E-state index contributed by atoms with van der Waals surface area (Å²) in [4.78, 5) is 34.7. The molecule has 0 aromatic carbocycles. The average Bonchev–Trinajstić information content (AvgIpc) is 2.38. The van der Waals surface area contributed by atoms with Gasteiger partial charge in [0.25, 0.3) is 0 Å². The Balaban J connectivity index is 4.35. The van der Waals surface area contributed by atoms with E-state index in [4.69, 9.17) is 15.6 Å². The van der Waals surface area contributed by atoms with Crippen LogP contribution < -0.4 is 11.1 Å². The molecule has 0 aromatic rings. The van der Waals surface area contributed by atoms with E-state index in [1.165, 1.54) is 12.0 Å². The van der Waals surface area contributed by atoms with Gasteiger partial charge in [-0.25, -0.2) is 4.79 Å². The summed E-state index contributed by atoms with van der Waals surface area (Å²) in [5, 5.41) is 11.2. The van der Waals surface area contributed by atoms with Crippen molar-refractivity contribution in [2.45, 2.75) is 32.3 Å². The maximum absolute atomic E-state index is 11.9. The lowest BCUT2D eigenvalue weighted by Gasteiger charge is -2.23. The molecule has 0 saturated carbocycles. The molecule has 0 rings (SSSR count). The Morgan fingerprint density at radius 1 is 1.40 bits per heavy atom. The summed E-state index contributed by atoms with van der Waals surface area (Å²) in [6.07, 6.45) is 0.811. The van der Waals surface area contributed by atoms with Crippen LogP contribution in [0.15, 0.2) is 0 Å². The first kappa shape index (κ1) is 18.2. The van der Waals surface area contributed by atoms with Crippen LogP contribution in [-0.4, -0.2) is 60.8 Å². The highest BCUT2D eigenvalue weighted by Gasteiger charge is 2.18. The van der Waals surface area contributed by atoms with Gasteiger partial charge in [-0.15, -0.1) is 0 Å². The molecule has 8 heteroatoms. The highest BCUT2D eigenvalue weighted by Crippen LogP contribution is 1.99. The van der Waals surface area contributed by atoms with Gasteiger partial charge in [-0.2, -0.15) is 0 Å². The molecule has 4 N–H and O–H groups in total. The van der Waals surface area contributed by atoms with Crippen molar-refractivity contribution in [3.8, 4) is 0 Å². The molecule has 0 aromatic heterocycles. The van der Waals surface area contributed by atoms with Crippen LogP contribution in [0.25, 0.3) is 0 Å². The van der Waals surface area contributed by atoms with E-state index in [0.717, 1.165) is 12.8 Å². The summed E-state index contributed by atoms with van der Waals surface area (Å²) in [5.74, 6) is -1.60. The van der Waals surface area contributed by atoms with Crippen LogP contribution in [0.5, 0.6) is 0 Å². The van der Waals surface area contributed by atoms with Crippen molar-refractivity contribution >= 4 is 17.9 Å². The molecule has 1 atom stereocenters. The van der Waals surface area contributed by atoms with Gasteiger partial charge in [-0.05, 0) is 6.42 Å². The van der Waals surface area contributed by atoms with Crippen LogP contribution in [0.4, 0.5) is 4.79 Å². The molecule has 0 saturated heterocycles. The normalized spacial score (nSPS) is 11.7. The molecule has 116 valence electrons. The number of carboxylic acid groups (broad SMARTS) is 1. The standard InChI is InChI=1S/C12H23N3O5/c1-3-4-5-15(8-10(13)16)12(19)14-7-9(20-2)6-11(17)18/h9H,3-8H2,1-2H3,(H2,13,16)(H,14,19)(H,17,18). The average molecular weight is 289 g/mol. The second-order valence-corrected chi connectivity index (χ2v) is 4.38. The van der Waals surface area contributed by atoms with Crippen molar-refractivity contribution in [2.75, 3.05) is 26.7 Å². The van der Waals surface area contributed by atoms with E-state index in [1.54, 1.807) is 0 Å². The predicted molar refractivity (Wildman–Crippen MR) is 72.1 cm³/mol. The Morgan fingerprint density at radius 2 is 2.05 bits per heavy atom. The molecule has 1 unspecified atom stereocenters. The Kier molecular flexibility index (Phi) is 9.10. The van der Waals surface area contributed by atoms with Gasteiger partial charge >= 0.3 is 12.0 Å². The summed E-state index contributed by atoms with van der Waals surface area (Å²) in [7, 11) is 1.37. The van der Waals surface area contributed by atoms with Crippen LogP contribution in [-0.2, 0) is 14.3 Å². The molecule has 0 spiro atoms. The third kappa shape index (κ3) is 8.30. The van der Waals surface area contributed by atoms with Crippen LogP contribution >= 0.6 is 0 Å². The minimum absolute atomic E-state index is 0.0586. The number of hydrogen-bond acceptors (Lipinski definition) is 4. The Bertz CT molecular complexity index is 335. The second kappa shape index (κ2) is 10.0. The molecular formula is C12H23N3O5. The predicted octanol–water partition coefficient (Wildman–Crippen LogP) is -0.227. The molecule has 0 heterocycles. The number of carboxylic acids is 1. The zero-order valence-corrected chi connectivity index (χ0v) is 11.9. The van der Waals surface area contributed by atoms with E-state index >= 15 is 0 Å². The number of ether oxygens (including phenoxy) is 1. The van der Waals surface area contributed by atoms with Gasteiger partial charge in [0.1, 0.15) is 6.54 Å². The first-order valence-corrected chi connectivity index (χ1v) is 6.46. The Hall–Kier alpha value is -1.83. The second-order valence-electron chi connectivity index (χ2n) is 4.38. The van der Waals surface area contributed by atoms with Crippen molar-refractivity contribution in [1.29, 1.82) is 0 Å². The zero-order chi connectivity index (χ0) is 15.5. The van der Waals surface area contributed by atoms with E-state index in [1.807, 2.05) is 6.92 Å². The van der Waals surface area contributed by atoms with Gasteiger partial charge in [0, 0.05) is 20.2 Å². The number of nitrogens with two attached hydrogens (primary N) is 1. The number of nitrogens with one attached hydrogen (secondary N) is 1. The van der Waals surface area contributed by atoms with Gasteiger partial charge in [-0.3, -0.25) is 9.59 Å². The van der Waals surface area contributed by atoms with Crippen LogP contribution in [0.3, 0.4) is 0 Å². The molecular weight excluding hydrogens is 266 g/mol. The van der Waals surface area contributed by atoms with Crippen LogP contribution in [0.2, 0.25) is 0 Å². The van der Waals surface area contributed by atoms with E-state index < -0.39 is 24.0 Å². The van der Waals surface area contributed by atoms with Crippen LogP contribution in [0, 0.1) is 0 Å². The quantitative estimate of drug-likeness (QED) is 0.513. The molecule has 0 aliphatic carbocycles. The lowest BCUT2D eigenvalue weighted by molar-refractivity contribution is -0.139. The number of hydrogen-bond donors (Lipinski definition) is 3. The first-order chi connectivity index (χ1) is 9.40. The maximum atomic E-state index is 11.9. The first-order valence-electron chi connectivity index (χ1n) is 6.46. The van der Waals surface area contributed by atoms with Gasteiger partial charge in [0.15, 0.2) is 0 Å². The fourth-order valence-electron chi connectivity index (χ4n) is 1.54. The molecule has 0 bridgehead atoms. The SMILES string of the molecule is CCCCN(CC(N)=O)C(=O)NCC(CC(=O)O)OC. The minimum Gasteiger partial charge on any atom is -0.481 e. The van der Waals surface area contributed by atoms with Gasteiger partial charge < -0.3 is 25.8 Å². The van der Waals surface area contributed by atoms with E-state index in [0.29, 0.717) is 6.54 Å². The van der Waals surface area contributed by atoms with Crippen molar-refractivity contribution in [3.63, 3.8) is 0 Å². The van der Waals surface area contributed by atoms with E-state index in [9.17, 15) is 14.4 Å². The van der Waals surface area contributed by atoms with Crippen molar-refractivity contribution in [2.24, 2.45) is 5.73 Å². The molecule has 0 radical (unpaired) electrons. The monoisotopic (exact) mass is 289 g/mol. The Morgan fingerprint density at radius 3 is 2.50 bits per heavy atom. The Labute approximate surface area is 118 Å². The summed E-state index contributed by atoms with van der Waals surface area (Å²) in [6, 6.07) is -0.454. The molecule has 20 heavy (non-hydrogen) atoms. The molecule has 8 nitrogen and oxygen atoms in total. The zero-order valence-electron chi connectivity index (χ0n) is 11.9. The molecule has 3 amide bonds. The summed E-state index contributed by atoms with van der Waals surface area (Å²) in [6.45, 7) is 2.28. The number of unbranched alkanes of at least 4 members (excludes halogenated alkanes) is 1. The number of aliphatic carboxylic acids is 1. The van der Waals surface area contributed by atoms with E-state index in [-0.39, 0.29) is 19.5 Å². The fourth-order valence-corrected chi connectivity index (χ4v) is 1.54. The number of urea groups is 1. The molecule has 0 aliphatic heterocycles. The van der Waals surface area contributed by atoms with Gasteiger partial charge in [0.05, 0.1) is 12.5 Å². The lowest BCUT2D eigenvalue weighted by atomic mass is 10.2. The molecule has 0 aliphatic rings. The minimum atomic E-state index is -1.01. The van der Waals surface area contributed by atoms with Gasteiger partial charge in [0.2, 0.25) is 5.91 Å². The third-order valence-electron chi connectivity index (χ3n) is 2.63. The van der Waals surface area contributed by atoms with Crippen molar-refractivity contribution in [1.82, 2.24) is 10.2 Å². The van der Waals surface area contributed by atoms with Crippen molar-refractivity contribution in [3.05, 3.63) is 0 Å². The number of nitrogens with zero attached hydrogens (tertiary/aromatic N) is 1. The summed E-state index contributed by atoms with van der Waals surface area (Å²) >= 11 is 0. The smallest absolute Gasteiger partial charge is 0.317 e. The maximum Gasteiger partial charge on any atom is 0.317 e. The number of carbonyl (C=O) groups is 3. The third-order valence-corrected chi connectivity index (χ3v) is 2.63. The number of methoxy groups -OCH3 is 1. The summed E-state index contributed by atoms with van der Waals surface area (Å²) in [5.41, 5.74) is 5.09. The molecule has 0 fully saturated rings. The van der Waals surface area contributed by atoms with Gasteiger partial charge in [-0.1, -0.05) is 13.3 Å². The van der Waals surface area contributed by atoms with E-state index in [2.05, 4.69) is 5.32 Å². The fraction of sp³-hybridized carbons (Fsp3) is 0.750. The van der Waals surface area contributed by atoms with Crippen molar-refractivity contribution < 1.29 is 24.2 Å². The number of amides is 3. The highest BCUT2D eigenvalue weighted by molar-refractivity contribution is 5.82. The summed E-state index contributed by atoms with van der Waals surface area (Å²) < 4.78 is 4.95. The topological polar surface area (TPSA) is 122 Å².